The van der Waals surface area contributed by atoms with Gasteiger partial charge in [-0.3, -0.25) is 38.4 Å². The SMILES string of the molecule is CC[C@@H](C)[C@H](OC(=O)[C@@H](N(C)C(=O)[C@H](CC(C)C)NC(=O)[C@H](C(C)C)N(C)C(=O)[C@H](CCC(=O)OCc1ccccc1)NC(=O)OC(C)(C)C)C(C)(C)O)C(=O)N(C)[C@H](C(=O)N[C@@H](Cc1ccccc1)C(=O)N(C)[C@@H](Cc1ccccc1)C(=O)N1CCC[C@H]1C(=O)O)C(C)C. The van der Waals surface area contributed by atoms with E-state index in [4.69, 9.17) is 14.2 Å². The first-order chi connectivity index (χ1) is 44.4. The maximum atomic E-state index is 15.1. The molecule has 24 heteroatoms. The molecular weight excluding hydrogens is 1220 g/mol. The maximum absolute atomic E-state index is 15.1. The molecule has 24 nitrogen and oxygen atoms in total. The fourth-order valence-electron chi connectivity index (χ4n) is 11.8. The summed E-state index contributed by atoms with van der Waals surface area (Å²) in [5.41, 5.74) is -0.931. The summed E-state index contributed by atoms with van der Waals surface area (Å²) in [5, 5.41) is 30.1. The van der Waals surface area contributed by atoms with Crippen molar-refractivity contribution in [2.24, 2.45) is 23.7 Å². The van der Waals surface area contributed by atoms with Gasteiger partial charge in [0.1, 0.15) is 54.5 Å². The van der Waals surface area contributed by atoms with E-state index < -0.39 is 149 Å². The molecule has 1 heterocycles. The van der Waals surface area contributed by atoms with Crippen molar-refractivity contribution < 1.29 is 77.2 Å². The lowest BCUT2D eigenvalue weighted by atomic mass is 9.94. The van der Waals surface area contributed by atoms with Gasteiger partial charge in [-0.05, 0) is 101 Å². The first-order valence-electron chi connectivity index (χ1n) is 32.8. The minimum absolute atomic E-state index is 0.00264. The molecule has 95 heavy (non-hydrogen) atoms. The lowest BCUT2D eigenvalue weighted by Crippen LogP contribution is -2.62. The summed E-state index contributed by atoms with van der Waals surface area (Å²) in [6.45, 7) is 21.3. The first kappa shape index (κ1) is 79.0. The van der Waals surface area contributed by atoms with Gasteiger partial charge in [-0.15, -0.1) is 0 Å². The molecular formula is C71H104N8O16. The number of carbonyl (C=O) groups is 11. The summed E-state index contributed by atoms with van der Waals surface area (Å²) in [7, 11) is 5.40. The molecule has 4 rings (SSSR count). The highest BCUT2D eigenvalue weighted by molar-refractivity contribution is 5.98. The van der Waals surface area contributed by atoms with Crippen molar-refractivity contribution in [2.75, 3.05) is 34.7 Å². The first-order valence-corrected chi connectivity index (χ1v) is 32.8. The number of carboxylic acids is 1. The Morgan fingerprint density at radius 3 is 1.56 bits per heavy atom. The van der Waals surface area contributed by atoms with Gasteiger partial charge in [0.25, 0.3) is 5.91 Å². The molecule has 5 N–H and O–H groups in total. The lowest BCUT2D eigenvalue weighted by molar-refractivity contribution is -0.177. The average Bonchev–Trinajstić information content (AvgIpc) is 1.44. The van der Waals surface area contributed by atoms with Crippen LogP contribution in [0.25, 0.3) is 0 Å². The van der Waals surface area contributed by atoms with Crippen LogP contribution in [0.3, 0.4) is 0 Å². The number of hydrogen-bond donors (Lipinski definition) is 5. The molecule has 0 saturated carbocycles. The standard InChI is InChI=1S/C71H104N8O16/c1-18-46(8)58(66(87)77(16)57(45(6)7)61(82)73-52(40-47-29-22-19-23-30-47)63(84)75(14)54(41-48-31-24-20-25-32-48)65(86)79-38-28-35-53(79)67(88)89)94-68(90)59(71(12,13)92)78(17)64(85)51(39-43(2)3)72-60(81)56(44(4)5)76(15)62(83)50(74-69(91)95-70(9,10)11)36-37-55(80)93-42-49-33-26-21-27-34-49/h19-27,29-34,43-46,50-54,56-59,92H,18,28,35-42H2,1-17H3,(H,72,81)(H,73,82)(H,74,91)(H,88,89)/t46-,50+,51+,52+,53+,54+,56+,57+,58+,59-/m1/s1. The monoisotopic (exact) mass is 1320 g/mol. The van der Waals surface area contributed by atoms with E-state index in [0.29, 0.717) is 17.5 Å². The summed E-state index contributed by atoms with van der Waals surface area (Å²) in [5.74, 6) is -10.4. The Labute approximate surface area is 560 Å². The number of carbonyl (C=O) groups excluding carboxylic acids is 10. The zero-order chi connectivity index (χ0) is 71.4. The maximum Gasteiger partial charge on any atom is 0.408 e. The summed E-state index contributed by atoms with van der Waals surface area (Å²) in [6, 6.07) is 16.0. The number of carboxylic acid groups (broad SMARTS) is 1. The zero-order valence-corrected chi connectivity index (χ0v) is 58.6. The van der Waals surface area contributed by atoms with E-state index in [1.54, 1.807) is 161 Å². The number of ether oxygens (including phenoxy) is 3. The third-order valence-corrected chi connectivity index (χ3v) is 16.9. The number of amides is 8. The summed E-state index contributed by atoms with van der Waals surface area (Å²) in [4.78, 5) is 163. The number of benzene rings is 3. The molecule has 0 radical (unpaired) electrons. The fourth-order valence-corrected chi connectivity index (χ4v) is 11.8. The van der Waals surface area contributed by atoms with Crippen LogP contribution in [0, 0.1) is 23.7 Å². The van der Waals surface area contributed by atoms with Crippen molar-refractivity contribution in [3.63, 3.8) is 0 Å². The van der Waals surface area contributed by atoms with E-state index in [2.05, 4.69) is 16.0 Å². The Hall–Kier alpha value is -8.41. The number of likely N-dealkylation sites (N-methyl/N-ethyl adjacent to an activating group) is 4. The molecule has 3 aromatic carbocycles. The van der Waals surface area contributed by atoms with Crippen molar-refractivity contribution in [3.05, 3.63) is 108 Å². The molecule has 1 aliphatic heterocycles. The van der Waals surface area contributed by atoms with Crippen molar-refractivity contribution in [3.8, 4) is 0 Å². The molecule has 0 bridgehead atoms. The van der Waals surface area contributed by atoms with Crippen LogP contribution in [0.1, 0.15) is 145 Å². The number of nitrogens with zero attached hydrogens (tertiary/aromatic N) is 5. The highest BCUT2D eigenvalue weighted by atomic mass is 16.6. The molecule has 524 valence electrons. The molecule has 0 spiro atoms. The second kappa shape index (κ2) is 35.9. The molecule has 8 amide bonds. The van der Waals surface area contributed by atoms with Crippen molar-refractivity contribution in [1.82, 2.24) is 40.4 Å². The quantitative estimate of drug-likeness (QED) is 0.0329. The summed E-state index contributed by atoms with van der Waals surface area (Å²) < 4.78 is 17.0. The van der Waals surface area contributed by atoms with Crippen molar-refractivity contribution in [1.29, 1.82) is 0 Å². The van der Waals surface area contributed by atoms with Gasteiger partial charge in [0.05, 0.1) is 5.60 Å². The normalized spacial score (nSPS) is 16.1. The predicted octanol–water partition coefficient (Wildman–Crippen LogP) is 6.33. The van der Waals surface area contributed by atoms with E-state index in [0.717, 1.165) is 20.3 Å². The second-order valence-corrected chi connectivity index (χ2v) is 27.5. The van der Waals surface area contributed by atoms with Crippen LogP contribution in [0.5, 0.6) is 0 Å². The largest absolute Gasteiger partial charge is 0.480 e. The predicted molar refractivity (Wildman–Crippen MR) is 356 cm³/mol. The third-order valence-electron chi connectivity index (χ3n) is 16.9. The van der Waals surface area contributed by atoms with Gasteiger partial charge >= 0.3 is 24.0 Å². The highest BCUT2D eigenvalue weighted by Crippen LogP contribution is 2.27. The average molecular weight is 1330 g/mol. The van der Waals surface area contributed by atoms with Crippen molar-refractivity contribution in [2.45, 2.75) is 214 Å². The second-order valence-electron chi connectivity index (χ2n) is 27.5. The van der Waals surface area contributed by atoms with E-state index in [1.807, 2.05) is 6.07 Å². The Kier molecular flexibility index (Phi) is 29.9. The van der Waals surface area contributed by atoms with Crippen LogP contribution in [0.2, 0.25) is 0 Å². The molecule has 3 aromatic rings. The topological polar surface area (TPSA) is 308 Å². The van der Waals surface area contributed by atoms with Gasteiger partial charge in [-0.2, -0.15) is 0 Å². The molecule has 0 unspecified atom stereocenters. The zero-order valence-electron chi connectivity index (χ0n) is 58.6. The van der Waals surface area contributed by atoms with Gasteiger partial charge < -0.3 is 64.9 Å². The van der Waals surface area contributed by atoms with Crippen molar-refractivity contribution >= 4 is 65.4 Å². The van der Waals surface area contributed by atoms with Crippen LogP contribution in [-0.4, -0.2) is 200 Å². The van der Waals surface area contributed by atoms with Crippen LogP contribution in [-0.2, 0) is 81.6 Å². The van der Waals surface area contributed by atoms with E-state index in [-0.39, 0.29) is 64.0 Å². The van der Waals surface area contributed by atoms with Gasteiger partial charge in [-0.1, -0.05) is 146 Å². The Morgan fingerprint density at radius 2 is 1.08 bits per heavy atom. The van der Waals surface area contributed by atoms with Crippen LogP contribution < -0.4 is 16.0 Å². The van der Waals surface area contributed by atoms with E-state index in [1.165, 1.54) is 51.8 Å². The van der Waals surface area contributed by atoms with Gasteiger partial charge in [-0.25, -0.2) is 14.4 Å². The lowest BCUT2D eigenvalue weighted by Gasteiger charge is -2.39. The molecule has 1 aliphatic rings. The van der Waals surface area contributed by atoms with Crippen LogP contribution in [0.4, 0.5) is 4.79 Å². The molecule has 0 aromatic heterocycles. The Balaban J connectivity index is 1.63. The van der Waals surface area contributed by atoms with Crippen LogP contribution in [0.15, 0.2) is 91.0 Å². The smallest absolute Gasteiger partial charge is 0.408 e. The number of rotatable bonds is 33. The highest BCUT2D eigenvalue weighted by Gasteiger charge is 2.47. The Bertz CT molecular complexity index is 3080. The molecule has 0 aliphatic carbocycles. The number of nitrogens with one attached hydrogen (secondary N) is 3. The number of aliphatic hydroxyl groups is 1. The molecule has 1 fully saturated rings. The summed E-state index contributed by atoms with van der Waals surface area (Å²) >= 11 is 0. The number of hydrogen-bond acceptors (Lipinski definition) is 15. The number of likely N-dealkylation sites (tertiary alicyclic amines) is 1. The Morgan fingerprint density at radius 1 is 0.611 bits per heavy atom. The van der Waals surface area contributed by atoms with Crippen LogP contribution >= 0.6 is 0 Å². The number of esters is 2. The minimum atomic E-state index is -2.06. The van der Waals surface area contributed by atoms with Gasteiger partial charge in [0.15, 0.2) is 12.1 Å². The van der Waals surface area contributed by atoms with E-state index in [9.17, 15) is 53.4 Å². The van der Waals surface area contributed by atoms with Gasteiger partial charge in [0, 0.05) is 59.9 Å². The third kappa shape index (κ3) is 23.2. The number of alkyl carbamates (subject to hydrolysis) is 1. The summed E-state index contributed by atoms with van der Waals surface area (Å²) in [6.07, 6.45) is -2.15. The minimum Gasteiger partial charge on any atom is -0.480 e. The van der Waals surface area contributed by atoms with Gasteiger partial charge in [0.2, 0.25) is 35.4 Å². The van der Waals surface area contributed by atoms with E-state index >= 15 is 9.59 Å². The number of aliphatic carboxylic acids is 1. The fraction of sp³-hybridized carbons (Fsp3) is 0.592. The molecule has 10 atom stereocenters. The molecule has 1 saturated heterocycles.